The highest BCUT2D eigenvalue weighted by atomic mass is 32.2. The number of hydrogen-bond acceptors (Lipinski definition) is 9. The van der Waals surface area contributed by atoms with Gasteiger partial charge in [0, 0.05) is 42.2 Å². The second kappa shape index (κ2) is 21.0. The highest BCUT2D eigenvalue weighted by molar-refractivity contribution is 7.97. The molecule has 55 heavy (non-hydrogen) atoms. The Morgan fingerprint density at radius 3 is 2.09 bits per heavy atom. The molecule has 3 N–H and O–H groups in total. The lowest BCUT2D eigenvalue weighted by atomic mass is 9.76. The largest absolute Gasteiger partial charge is 0.444 e. The van der Waals surface area contributed by atoms with Crippen molar-refractivity contribution in [3.05, 3.63) is 64.1 Å². The predicted octanol–water partition coefficient (Wildman–Crippen LogP) is 9.35. The number of nitrogens with one attached hydrogen (secondary N) is 3. The highest BCUT2D eigenvalue weighted by Crippen LogP contribution is 2.36. The molecule has 0 bridgehead atoms. The summed E-state index contributed by atoms with van der Waals surface area (Å²) < 4.78 is 8.11. The fourth-order valence-corrected chi connectivity index (χ4v) is 8.46. The third-order valence-electron chi connectivity index (χ3n) is 9.75. The monoisotopic (exact) mass is 792 g/mol. The van der Waals surface area contributed by atoms with Gasteiger partial charge in [-0.2, -0.15) is 0 Å². The van der Waals surface area contributed by atoms with Gasteiger partial charge in [0.2, 0.25) is 0 Å². The molecule has 0 spiro atoms. The van der Waals surface area contributed by atoms with Gasteiger partial charge in [0.15, 0.2) is 5.82 Å². The summed E-state index contributed by atoms with van der Waals surface area (Å²) in [6.07, 6.45) is 14.4. The lowest BCUT2D eigenvalue weighted by molar-refractivity contribution is -0.121. The van der Waals surface area contributed by atoms with Crippen LogP contribution >= 0.6 is 23.3 Å². The Labute approximate surface area is 337 Å². The maximum absolute atomic E-state index is 13.4. The first-order chi connectivity index (χ1) is 26.2. The lowest BCUT2D eigenvalue weighted by Crippen LogP contribution is -2.46. The van der Waals surface area contributed by atoms with Gasteiger partial charge in [-0.1, -0.05) is 97.4 Å². The Morgan fingerprint density at radius 2 is 1.51 bits per heavy atom. The molecule has 3 aromatic rings. The average Bonchev–Trinajstić information content (AvgIpc) is 3.67. The van der Waals surface area contributed by atoms with Crippen LogP contribution in [0.5, 0.6) is 0 Å². The number of nitrogens with zero attached hydrogens (tertiary/aromatic N) is 3. The molecular formula is C43H64N6O4S2. The van der Waals surface area contributed by atoms with E-state index in [-0.39, 0.29) is 17.2 Å². The van der Waals surface area contributed by atoms with Crippen molar-refractivity contribution in [2.45, 2.75) is 130 Å². The molecule has 1 aliphatic carbocycles. The second-order valence-electron chi connectivity index (χ2n) is 16.8. The summed E-state index contributed by atoms with van der Waals surface area (Å²) in [5, 5.41) is 5.65. The smallest absolute Gasteiger partial charge is 0.407 e. The first-order valence-corrected chi connectivity index (χ1v) is 21.9. The van der Waals surface area contributed by atoms with Gasteiger partial charge in [0.25, 0.3) is 11.8 Å². The van der Waals surface area contributed by atoms with Crippen molar-refractivity contribution in [1.29, 1.82) is 0 Å². The molecule has 1 aliphatic heterocycles. The summed E-state index contributed by atoms with van der Waals surface area (Å²) in [6.45, 7) is 18.4. The molecule has 3 amide bonds. The number of carbonyl (C=O) groups excluding carboxylic acids is 3. The summed E-state index contributed by atoms with van der Waals surface area (Å²) >= 11 is 2.61. The lowest BCUT2D eigenvalue weighted by Gasteiger charge is -2.38. The number of ether oxygens (including phenoxy) is 1. The van der Waals surface area contributed by atoms with Gasteiger partial charge in [-0.05, 0) is 80.5 Å². The molecule has 1 aromatic carbocycles. The van der Waals surface area contributed by atoms with Crippen molar-refractivity contribution in [2.75, 3.05) is 30.3 Å². The van der Waals surface area contributed by atoms with Crippen molar-refractivity contribution >= 4 is 46.9 Å². The zero-order valence-electron chi connectivity index (χ0n) is 34.3. The van der Waals surface area contributed by atoms with Crippen LogP contribution in [0.2, 0.25) is 0 Å². The van der Waals surface area contributed by atoms with E-state index in [1.165, 1.54) is 74.7 Å². The summed E-state index contributed by atoms with van der Waals surface area (Å²) in [5.41, 5.74) is 2.18. The first-order valence-electron chi connectivity index (χ1n) is 20.1. The third-order valence-corrected chi connectivity index (χ3v) is 12.0. The van der Waals surface area contributed by atoms with Gasteiger partial charge in [-0.15, -0.1) is 11.3 Å². The van der Waals surface area contributed by atoms with E-state index in [0.29, 0.717) is 29.4 Å². The van der Waals surface area contributed by atoms with Gasteiger partial charge >= 0.3 is 6.09 Å². The topological polar surface area (TPSA) is 126 Å². The average molecular weight is 793 g/mol. The standard InChI is InChI=1S/C40H56N6O4S2.C3H8/c1-39(2,3)34-17-16-33(52-34)37(48)44-32(36(47)45-51-23-20-41-38(49)50-40(4,5)6)24-27-12-14-30(15-13-27)35-42-25-31(26-43-35)46-21-18-29(19-22-46)28-10-8-7-9-11-28;1-3-2/h12-17,25-26,28-29,32H,7-11,18-24H2,1-6H3,(H,41,49)(H,44,48)(H,45,47);3H2,1-2H3. The molecule has 10 nitrogen and oxygen atoms in total. The van der Waals surface area contributed by atoms with Crippen molar-refractivity contribution in [3.63, 3.8) is 0 Å². The van der Waals surface area contributed by atoms with Gasteiger partial charge in [-0.25, -0.2) is 14.8 Å². The minimum absolute atomic E-state index is 0.0823. The number of anilines is 1. The van der Waals surface area contributed by atoms with Crippen molar-refractivity contribution < 1.29 is 19.1 Å². The molecule has 1 atom stereocenters. The van der Waals surface area contributed by atoms with E-state index in [9.17, 15) is 14.4 Å². The molecule has 2 aliphatic rings. The minimum atomic E-state index is -0.817. The number of rotatable bonds is 12. The second-order valence-corrected chi connectivity index (χ2v) is 18.8. The van der Waals surface area contributed by atoms with Crippen molar-refractivity contribution in [3.8, 4) is 11.4 Å². The fraction of sp³-hybridized carbons (Fsp3) is 0.605. The zero-order chi connectivity index (χ0) is 40.0. The molecule has 302 valence electrons. The molecule has 1 saturated carbocycles. The summed E-state index contributed by atoms with van der Waals surface area (Å²) in [7, 11) is 0. The first kappa shape index (κ1) is 44.1. The number of hydrogen-bond donors (Lipinski definition) is 3. The van der Waals surface area contributed by atoms with Crippen LogP contribution in [-0.4, -0.2) is 64.9 Å². The van der Waals surface area contributed by atoms with E-state index in [1.54, 1.807) is 20.8 Å². The van der Waals surface area contributed by atoms with Crippen LogP contribution < -0.4 is 20.3 Å². The van der Waals surface area contributed by atoms with E-state index >= 15 is 0 Å². The normalized spacial score (nSPS) is 16.0. The zero-order valence-corrected chi connectivity index (χ0v) is 36.0. The minimum Gasteiger partial charge on any atom is -0.444 e. The van der Waals surface area contributed by atoms with Crippen LogP contribution in [0.4, 0.5) is 10.5 Å². The van der Waals surface area contributed by atoms with Gasteiger partial charge < -0.3 is 20.3 Å². The quantitative estimate of drug-likeness (QED) is 0.122. The van der Waals surface area contributed by atoms with Crippen LogP contribution in [0.1, 0.15) is 127 Å². The van der Waals surface area contributed by atoms with Gasteiger partial charge in [-0.3, -0.25) is 14.3 Å². The molecule has 5 rings (SSSR count). The van der Waals surface area contributed by atoms with Gasteiger partial charge in [0.1, 0.15) is 11.6 Å². The summed E-state index contributed by atoms with van der Waals surface area (Å²) in [6, 6.07) is 10.8. The molecule has 2 fully saturated rings. The Morgan fingerprint density at radius 1 is 0.891 bits per heavy atom. The number of amides is 3. The number of benzene rings is 1. The number of carbonyl (C=O) groups is 3. The van der Waals surface area contributed by atoms with Crippen LogP contribution in [0.15, 0.2) is 48.8 Å². The third kappa shape index (κ3) is 14.4. The molecule has 2 aromatic heterocycles. The molecule has 1 unspecified atom stereocenters. The number of piperidine rings is 1. The maximum Gasteiger partial charge on any atom is 0.407 e. The predicted molar refractivity (Wildman–Crippen MR) is 228 cm³/mol. The molecule has 12 heteroatoms. The molecule has 3 heterocycles. The van der Waals surface area contributed by atoms with E-state index in [1.807, 2.05) is 48.8 Å². The van der Waals surface area contributed by atoms with Crippen molar-refractivity contribution in [1.82, 2.24) is 25.3 Å². The molecule has 1 saturated heterocycles. The van der Waals surface area contributed by atoms with Crippen LogP contribution in [0, 0.1) is 11.8 Å². The van der Waals surface area contributed by atoms with E-state index in [2.05, 4.69) is 54.9 Å². The summed E-state index contributed by atoms with van der Waals surface area (Å²) in [4.78, 5) is 52.2. The number of thiophene rings is 1. The van der Waals surface area contributed by atoms with Crippen LogP contribution in [0.25, 0.3) is 11.4 Å². The van der Waals surface area contributed by atoms with E-state index < -0.39 is 17.7 Å². The maximum atomic E-state index is 13.4. The number of aromatic nitrogens is 2. The van der Waals surface area contributed by atoms with E-state index in [4.69, 9.17) is 14.7 Å². The highest BCUT2D eigenvalue weighted by Gasteiger charge is 2.28. The molecule has 0 radical (unpaired) electrons. The van der Waals surface area contributed by atoms with Crippen LogP contribution in [-0.2, 0) is 21.4 Å². The Bertz CT molecular complexity index is 1630. The Kier molecular flexibility index (Phi) is 16.9. The molecular weight excluding hydrogens is 729 g/mol. The SMILES string of the molecule is CC(C)(C)OC(=O)NCCSNC(=O)C(Cc1ccc(-c2ncc(N3CCC(C4CCCCC4)CC3)cn2)cc1)NC(=O)c1ccc(C(C)(C)C)s1.CCC. The van der Waals surface area contributed by atoms with E-state index in [0.717, 1.165) is 46.6 Å². The number of alkyl carbamates (subject to hydrolysis) is 1. The Hall–Kier alpha value is -3.64. The van der Waals surface area contributed by atoms with Crippen LogP contribution in [0.3, 0.4) is 0 Å². The Balaban J connectivity index is 0.00000217. The van der Waals surface area contributed by atoms with Gasteiger partial charge in [0.05, 0.1) is 23.0 Å². The summed E-state index contributed by atoms with van der Waals surface area (Å²) in [5.74, 6) is 2.24. The van der Waals surface area contributed by atoms with Crippen molar-refractivity contribution in [2.24, 2.45) is 11.8 Å². The fourth-order valence-electron chi connectivity index (χ4n) is 6.91.